The number of nitrogens with one attached hydrogen (secondary N) is 1. The van der Waals surface area contributed by atoms with E-state index in [-0.39, 0.29) is 11.9 Å². The third-order valence-corrected chi connectivity index (χ3v) is 5.28. The van der Waals surface area contributed by atoms with Gasteiger partial charge in [0.05, 0.1) is 26.0 Å². The second kappa shape index (κ2) is 10.2. The van der Waals surface area contributed by atoms with E-state index in [2.05, 4.69) is 36.3 Å². The number of nitrogens with zero attached hydrogens (tertiary/aromatic N) is 1. The molecule has 0 aliphatic rings. The number of oxazole rings is 1. The van der Waals surface area contributed by atoms with Gasteiger partial charge in [-0.15, -0.1) is 0 Å². The van der Waals surface area contributed by atoms with Crippen LogP contribution in [0, 0.1) is 13.8 Å². The molecule has 0 unspecified atom stereocenters. The molecule has 6 nitrogen and oxygen atoms in total. The highest BCUT2D eigenvalue weighted by Crippen LogP contribution is 2.30. The van der Waals surface area contributed by atoms with Gasteiger partial charge < -0.3 is 19.2 Å². The van der Waals surface area contributed by atoms with Gasteiger partial charge in [0.1, 0.15) is 0 Å². The first-order valence-corrected chi connectivity index (χ1v) is 10.5. The van der Waals surface area contributed by atoms with Crippen molar-refractivity contribution in [2.75, 3.05) is 13.7 Å². The number of benzene rings is 2. The summed E-state index contributed by atoms with van der Waals surface area (Å²) in [5, 5.41) is 3.02. The van der Waals surface area contributed by atoms with E-state index in [4.69, 9.17) is 13.9 Å². The third kappa shape index (κ3) is 5.66. The third-order valence-electron chi connectivity index (χ3n) is 5.28. The van der Waals surface area contributed by atoms with Crippen LogP contribution in [0.15, 0.2) is 47.0 Å². The number of ether oxygens (including phenoxy) is 2. The molecule has 0 aliphatic carbocycles. The molecule has 0 saturated carbocycles. The predicted molar refractivity (Wildman–Crippen MR) is 120 cm³/mol. The molecule has 164 valence electrons. The summed E-state index contributed by atoms with van der Waals surface area (Å²) in [5.74, 6) is 2.55. The van der Waals surface area contributed by atoms with Gasteiger partial charge in [-0.3, -0.25) is 4.79 Å². The Bertz CT molecular complexity index is 1040. The summed E-state index contributed by atoms with van der Waals surface area (Å²) in [7, 11) is 1.60. The van der Waals surface area contributed by atoms with Crippen molar-refractivity contribution in [3.8, 4) is 22.8 Å². The number of hydrogen-bond donors (Lipinski definition) is 1. The second-order valence-electron chi connectivity index (χ2n) is 7.55. The smallest absolute Gasteiger partial charge is 0.220 e. The molecule has 0 fully saturated rings. The Hall–Kier alpha value is -3.28. The minimum absolute atomic E-state index is 0.0636. The van der Waals surface area contributed by atoms with Crippen molar-refractivity contribution >= 4 is 5.91 Å². The number of aromatic nitrogens is 1. The molecular weight excluding hydrogens is 392 g/mol. The van der Waals surface area contributed by atoms with Crippen LogP contribution in [0.5, 0.6) is 11.5 Å². The minimum Gasteiger partial charge on any atom is -0.493 e. The lowest BCUT2D eigenvalue weighted by Crippen LogP contribution is -2.26. The van der Waals surface area contributed by atoms with Gasteiger partial charge in [0, 0.05) is 18.4 Å². The summed E-state index contributed by atoms with van der Waals surface area (Å²) < 4.78 is 16.8. The van der Waals surface area contributed by atoms with Crippen LogP contribution in [0.25, 0.3) is 11.3 Å². The van der Waals surface area contributed by atoms with Crippen LogP contribution < -0.4 is 14.8 Å². The van der Waals surface area contributed by atoms with Gasteiger partial charge in [0.15, 0.2) is 23.1 Å². The van der Waals surface area contributed by atoms with Crippen LogP contribution in [-0.2, 0) is 11.2 Å². The van der Waals surface area contributed by atoms with E-state index >= 15 is 0 Å². The molecule has 0 spiro atoms. The number of methoxy groups -OCH3 is 1. The summed E-state index contributed by atoms with van der Waals surface area (Å²) >= 11 is 0. The number of aryl methyl sites for hydroxylation is 3. The van der Waals surface area contributed by atoms with Gasteiger partial charge in [-0.25, -0.2) is 4.98 Å². The Kier molecular flexibility index (Phi) is 7.34. The van der Waals surface area contributed by atoms with E-state index in [0.29, 0.717) is 42.6 Å². The number of carbonyl (C=O) groups excluding carboxylic acids is 1. The van der Waals surface area contributed by atoms with Gasteiger partial charge in [-0.05, 0) is 62.6 Å². The van der Waals surface area contributed by atoms with E-state index in [1.165, 1.54) is 11.1 Å². The van der Waals surface area contributed by atoms with Crippen LogP contribution in [0.1, 0.15) is 48.9 Å². The van der Waals surface area contributed by atoms with Gasteiger partial charge in [0.2, 0.25) is 5.91 Å². The molecule has 1 heterocycles. The second-order valence-corrected chi connectivity index (χ2v) is 7.55. The first-order valence-electron chi connectivity index (χ1n) is 10.5. The average Bonchev–Trinajstić information content (AvgIpc) is 3.23. The summed E-state index contributed by atoms with van der Waals surface area (Å²) in [6.45, 7) is 8.58. The molecule has 0 aliphatic heterocycles. The van der Waals surface area contributed by atoms with E-state index in [1.807, 2.05) is 38.1 Å². The summed E-state index contributed by atoms with van der Waals surface area (Å²) in [4.78, 5) is 16.8. The highest BCUT2D eigenvalue weighted by Gasteiger charge is 2.14. The van der Waals surface area contributed by atoms with Crippen LogP contribution in [-0.4, -0.2) is 24.6 Å². The Morgan fingerprint density at radius 2 is 1.94 bits per heavy atom. The maximum Gasteiger partial charge on any atom is 0.220 e. The van der Waals surface area contributed by atoms with Crippen molar-refractivity contribution in [3.05, 3.63) is 65.2 Å². The molecule has 1 atom stereocenters. The zero-order valence-corrected chi connectivity index (χ0v) is 18.8. The predicted octanol–water partition coefficient (Wildman–Crippen LogP) is 5.18. The van der Waals surface area contributed by atoms with Gasteiger partial charge in [0.25, 0.3) is 0 Å². The summed E-state index contributed by atoms with van der Waals surface area (Å²) in [6, 6.07) is 11.7. The van der Waals surface area contributed by atoms with Crippen molar-refractivity contribution in [2.45, 2.75) is 46.6 Å². The van der Waals surface area contributed by atoms with Crippen molar-refractivity contribution in [1.29, 1.82) is 0 Å². The van der Waals surface area contributed by atoms with Crippen LogP contribution >= 0.6 is 0 Å². The van der Waals surface area contributed by atoms with Crippen molar-refractivity contribution < 1.29 is 18.7 Å². The van der Waals surface area contributed by atoms with E-state index in [0.717, 1.165) is 11.1 Å². The number of rotatable bonds is 9. The van der Waals surface area contributed by atoms with Crippen molar-refractivity contribution in [2.24, 2.45) is 0 Å². The summed E-state index contributed by atoms with van der Waals surface area (Å²) in [6.07, 6.45) is 2.45. The normalized spacial score (nSPS) is 11.8. The monoisotopic (exact) mass is 422 g/mol. The number of carbonyl (C=O) groups is 1. The highest BCUT2D eigenvalue weighted by atomic mass is 16.5. The van der Waals surface area contributed by atoms with Gasteiger partial charge in [-0.1, -0.05) is 18.2 Å². The molecular formula is C25H30N2O4. The fourth-order valence-corrected chi connectivity index (χ4v) is 3.30. The molecule has 0 saturated heterocycles. The van der Waals surface area contributed by atoms with Crippen LogP contribution in [0.3, 0.4) is 0 Å². The summed E-state index contributed by atoms with van der Waals surface area (Å²) in [5.41, 5.74) is 4.38. The van der Waals surface area contributed by atoms with Crippen LogP contribution in [0.4, 0.5) is 0 Å². The molecule has 1 amide bonds. The van der Waals surface area contributed by atoms with Gasteiger partial charge in [-0.2, -0.15) is 0 Å². The lowest BCUT2D eigenvalue weighted by molar-refractivity contribution is -0.121. The first kappa shape index (κ1) is 22.4. The lowest BCUT2D eigenvalue weighted by Gasteiger charge is -2.17. The Morgan fingerprint density at radius 1 is 1.13 bits per heavy atom. The molecule has 3 rings (SSSR count). The Labute approximate surface area is 183 Å². The first-order chi connectivity index (χ1) is 14.9. The minimum atomic E-state index is -0.160. The van der Waals surface area contributed by atoms with E-state index in [9.17, 15) is 4.79 Å². The largest absolute Gasteiger partial charge is 0.493 e. The van der Waals surface area contributed by atoms with Crippen LogP contribution in [0.2, 0.25) is 0 Å². The topological polar surface area (TPSA) is 73.6 Å². The molecule has 1 N–H and O–H groups in total. The quantitative estimate of drug-likeness (QED) is 0.515. The molecule has 0 bridgehead atoms. The zero-order valence-electron chi connectivity index (χ0n) is 18.8. The van der Waals surface area contributed by atoms with E-state index in [1.54, 1.807) is 13.3 Å². The molecule has 0 radical (unpaired) electrons. The Balaban J connectivity index is 1.56. The zero-order chi connectivity index (χ0) is 22.4. The maximum atomic E-state index is 12.4. The van der Waals surface area contributed by atoms with Crippen molar-refractivity contribution in [3.63, 3.8) is 0 Å². The lowest BCUT2D eigenvalue weighted by atomic mass is 10.1. The average molecular weight is 423 g/mol. The molecule has 3 aromatic rings. The Morgan fingerprint density at radius 3 is 2.65 bits per heavy atom. The molecule has 1 aromatic heterocycles. The maximum absolute atomic E-state index is 12.4. The number of hydrogen-bond acceptors (Lipinski definition) is 5. The number of amides is 1. The van der Waals surface area contributed by atoms with Crippen molar-refractivity contribution in [1.82, 2.24) is 10.3 Å². The standard InChI is InChI=1S/C25H30N2O4/c1-6-30-21-10-9-19(14-22(21)29-5)18(4)27-24(28)11-12-25-26-15-23(31-25)20-8-7-16(2)17(3)13-20/h7-10,13-15,18H,6,11-12H2,1-5H3,(H,27,28)/t18-/m0/s1. The van der Waals surface area contributed by atoms with E-state index < -0.39 is 0 Å². The fraction of sp³-hybridized carbons (Fsp3) is 0.360. The fourth-order valence-electron chi connectivity index (χ4n) is 3.30. The molecule has 6 heteroatoms. The SMILES string of the molecule is CCOc1ccc([C@H](C)NC(=O)CCc2ncc(-c3ccc(C)c(C)c3)o2)cc1OC. The highest BCUT2D eigenvalue weighted by molar-refractivity contribution is 5.76. The molecule has 2 aromatic carbocycles. The van der Waals surface area contributed by atoms with Gasteiger partial charge >= 0.3 is 0 Å². The molecule has 31 heavy (non-hydrogen) atoms.